The van der Waals surface area contributed by atoms with Crippen LogP contribution in [0.3, 0.4) is 0 Å². The molecule has 2 heterocycles. The highest BCUT2D eigenvalue weighted by atomic mass is 16.3. The highest BCUT2D eigenvalue weighted by molar-refractivity contribution is 5.48. The number of hydrogen-bond acceptors (Lipinski definition) is 5. The highest BCUT2D eigenvalue weighted by Crippen LogP contribution is 2.18. The molecule has 0 bridgehead atoms. The van der Waals surface area contributed by atoms with Crippen molar-refractivity contribution in [1.82, 2.24) is 9.97 Å². The molecule has 5 nitrogen and oxygen atoms in total. The number of aryl methyl sites for hydroxylation is 1. The summed E-state index contributed by atoms with van der Waals surface area (Å²) in [6.45, 7) is 5.61. The zero-order valence-corrected chi connectivity index (χ0v) is 11.0. The third-order valence-corrected chi connectivity index (χ3v) is 2.64. The summed E-state index contributed by atoms with van der Waals surface area (Å²) >= 11 is 0. The molecule has 2 aromatic rings. The first-order valence-electron chi connectivity index (χ1n) is 6.00. The second-order valence-electron chi connectivity index (χ2n) is 4.22. The van der Waals surface area contributed by atoms with Crippen molar-refractivity contribution >= 4 is 11.8 Å². The predicted molar refractivity (Wildman–Crippen MR) is 71.7 cm³/mol. The number of nitrogens with zero attached hydrogens (tertiary/aromatic N) is 3. The lowest BCUT2D eigenvalue weighted by Gasteiger charge is -2.19. The number of rotatable bonds is 5. The van der Waals surface area contributed by atoms with Crippen molar-refractivity contribution in [3.05, 3.63) is 35.9 Å². The summed E-state index contributed by atoms with van der Waals surface area (Å²) in [5, 5.41) is 3.12. The van der Waals surface area contributed by atoms with Crippen molar-refractivity contribution in [3.63, 3.8) is 0 Å². The fourth-order valence-corrected chi connectivity index (χ4v) is 1.79. The molecule has 1 N–H and O–H groups in total. The molecular weight excluding hydrogens is 228 g/mol. The van der Waals surface area contributed by atoms with E-state index in [0.717, 1.165) is 30.0 Å². The van der Waals surface area contributed by atoms with Gasteiger partial charge in [-0.2, -0.15) is 4.98 Å². The summed E-state index contributed by atoms with van der Waals surface area (Å²) in [5.41, 5.74) is 2.18. The fourth-order valence-electron chi connectivity index (χ4n) is 1.79. The Morgan fingerprint density at radius 2 is 2.28 bits per heavy atom. The Balaban J connectivity index is 2.17. The molecule has 0 spiro atoms. The quantitative estimate of drug-likeness (QED) is 0.878. The zero-order chi connectivity index (χ0) is 13.0. The van der Waals surface area contributed by atoms with Crippen molar-refractivity contribution in [2.24, 2.45) is 0 Å². The topological polar surface area (TPSA) is 54.2 Å². The zero-order valence-electron chi connectivity index (χ0n) is 11.0. The van der Waals surface area contributed by atoms with Crippen LogP contribution in [0.2, 0.25) is 0 Å². The Labute approximate surface area is 107 Å². The van der Waals surface area contributed by atoms with E-state index in [2.05, 4.69) is 20.2 Å². The second-order valence-corrected chi connectivity index (χ2v) is 4.22. The third-order valence-electron chi connectivity index (χ3n) is 2.64. The molecule has 2 aromatic heterocycles. The Morgan fingerprint density at radius 3 is 2.94 bits per heavy atom. The van der Waals surface area contributed by atoms with Gasteiger partial charge >= 0.3 is 0 Å². The van der Waals surface area contributed by atoms with Crippen molar-refractivity contribution in [2.45, 2.75) is 20.4 Å². The van der Waals surface area contributed by atoms with E-state index in [1.807, 2.05) is 33.2 Å². The Hall–Kier alpha value is -2.04. The minimum Gasteiger partial charge on any atom is -0.472 e. The van der Waals surface area contributed by atoms with Crippen LogP contribution in [0.25, 0.3) is 0 Å². The van der Waals surface area contributed by atoms with Gasteiger partial charge in [0.25, 0.3) is 0 Å². The van der Waals surface area contributed by atoms with Gasteiger partial charge in [-0.3, -0.25) is 0 Å². The molecule has 96 valence electrons. The van der Waals surface area contributed by atoms with E-state index < -0.39 is 0 Å². The van der Waals surface area contributed by atoms with E-state index in [-0.39, 0.29) is 0 Å². The maximum atomic E-state index is 5.07. The van der Waals surface area contributed by atoms with E-state index in [0.29, 0.717) is 5.95 Å². The molecule has 0 aliphatic rings. The van der Waals surface area contributed by atoms with Crippen LogP contribution in [-0.2, 0) is 6.54 Å². The van der Waals surface area contributed by atoms with Crippen molar-refractivity contribution in [2.75, 3.05) is 23.8 Å². The van der Waals surface area contributed by atoms with Crippen LogP contribution in [0.15, 0.2) is 29.2 Å². The average molecular weight is 246 g/mol. The summed E-state index contributed by atoms with van der Waals surface area (Å²) in [6.07, 6.45) is 5.27. The molecule has 2 rings (SSSR count). The van der Waals surface area contributed by atoms with Crippen LogP contribution in [0.5, 0.6) is 0 Å². The molecule has 0 fully saturated rings. The molecule has 0 aromatic carbocycles. The van der Waals surface area contributed by atoms with E-state index >= 15 is 0 Å². The fraction of sp³-hybridized carbons (Fsp3) is 0.385. The average Bonchev–Trinajstić information content (AvgIpc) is 2.84. The van der Waals surface area contributed by atoms with Gasteiger partial charge in [0.15, 0.2) is 0 Å². The molecule has 0 aliphatic heterocycles. The molecule has 18 heavy (non-hydrogen) atoms. The monoisotopic (exact) mass is 246 g/mol. The van der Waals surface area contributed by atoms with E-state index in [1.165, 1.54) is 0 Å². The van der Waals surface area contributed by atoms with Crippen molar-refractivity contribution in [3.8, 4) is 0 Å². The summed E-state index contributed by atoms with van der Waals surface area (Å²) in [4.78, 5) is 10.8. The van der Waals surface area contributed by atoms with Gasteiger partial charge in [0, 0.05) is 37.5 Å². The SMILES string of the molecule is CCNc1ncc(C)c(N(C)Cc2ccoc2)n1. The molecule has 0 unspecified atom stereocenters. The number of furan rings is 1. The lowest BCUT2D eigenvalue weighted by Crippen LogP contribution is -2.19. The van der Waals surface area contributed by atoms with Gasteiger partial charge in [0.1, 0.15) is 5.82 Å². The van der Waals surface area contributed by atoms with Gasteiger partial charge in [-0.05, 0) is 19.9 Å². The predicted octanol–water partition coefficient (Wildman–Crippen LogP) is 2.45. The molecule has 5 heteroatoms. The Bertz CT molecular complexity index is 496. The molecule has 0 atom stereocenters. The van der Waals surface area contributed by atoms with Crippen LogP contribution in [0.4, 0.5) is 11.8 Å². The Kier molecular flexibility index (Phi) is 3.82. The van der Waals surface area contributed by atoms with Gasteiger partial charge < -0.3 is 14.6 Å². The molecule has 0 saturated heterocycles. The molecule has 0 amide bonds. The maximum absolute atomic E-state index is 5.07. The summed E-state index contributed by atoms with van der Waals surface area (Å²) in [5.74, 6) is 1.60. The molecule has 0 saturated carbocycles. The summed E-state index contributed by atoms with van der Waals surface area (Å²) < 4.78 is 5.07. The van der Waals surface area contributed by atoms with Crippen molar-refractivity contribution < 1.29 is 4.42 Å². The lowest BCUT2D eigenvalue weighted by atomic mass is 10.3. The first-order chi connectivity index (χ1) is 8.70. The van der Waals surface area contributed by atoms with Crippen LogP contribution in [0, 0.1) is 6.92 Å². The van der Waals surface area contributed by atoms with Crippen molar-refractivity contribution in [1.29, 1.82) is 0 Å². The smallest absolute Gasteiger partial charge is 0.224 e. The lowest BCUT2D eigenvalue weighted by molar-refractivity contribution is 0.563. The number of nitrogens with one attached hydrogen (secondary N) is 1. The highest BCUT2D eigenvalue weighted by Gasteiger charge is 2.09. The largest absolute Gasteiger partial charge is 0.472 e. The first kappa shape index (κ1) is 12.4. The van der Waals surface area contributed by atoms with Crippen LogP contribution < -0.4 is 10.2 Å². The molecular formula is C13H18N4O. The van der Waals surface area contributed by atoms with Gasteiger partial charge in [-0.1, -0.05) is 0 Å². The summed E-state index contributed by atoms with van der Waals surface area (Å²) in [7, 11) is 2.01. The van der Waals surface area contributed by atoms with Crippen LogP contribution in [0.1, 0.15) is 18.1 Å². The minimum atomic E-state index is 0.664. The molecule has 0 radical (unpaired) electrons. The second kappa shape index (κ2) is 5.53. The number of anilines is 2. The van der Waals surface area contributed by atoms with Gasteiger partial charge in [-0.25, -0.2) is 4.98 Å². The van der Waals surface area contributed by atoms with E-state index in [4.69, 9.17) is 4.42 Å². The van der Waals surface area contributed by atoms with Crippen LogP contribution >= 0.6 is 0 Å². The van der Waals surface area contributed by atoms with Gasteiger partial charge in [0.2, 0.25) is 5.95 Å². The van der Waals surface area contributed by atoms with Gasteiger partial charge in [0.05, 0.1) is 12.5 Å². The van der Waals surface area contributed by atoms with E-state index in [1.54, 1.807) is 12.5 Å². The number of hydrogen-bond donors (Lipinski definition) is 1. The summed E-state index contributed by atoms with van der Waals surface area (Å²) in [6, 6.07) is 1.96. The standard InChI is InChI=1S/C13H18N4O/c1-4-14-13-15-7-10(2)12(16-13)17(3)8-11-5-6-18-9-11/h5-7,9H,4,8H2,1-3H3,(H,14,15,16). The van der Waals surface area contributed by atoms with E-state index in [9.17, 15) is 0 Å². The third kappa shape index (κ3) is 2.80. The minimum absolute atomic E-state index is 0.664. The first-order valence-corrected chi connectivity index (χ1v) is 6.00. The van der Waals surface area contributed by atoms with Gasteiger partial charge in [-0.15, -0.1) is 0 Å². The Morgan fingerprint density at radius 1 is 1.44 bits per heavy atom. The molecule has 0 aliphatic carbocycles. The normalized spacial score (nSPS) is 10.4. The van der Waals surface area contributed by atoms with Crippen LogP contribution in [-0.4, -0.2) is 23.6 Å². The maximum Gasteiger partial charge on any atom is 0.224 e. The number of aromatic nitrogens is 2.